The van der Waals surface area contributed by atoms with E-state index in [4.69, 9.17) is 10.00 Å². The van der Waals surface area contributed by atoms with Gasteiger partial charge < -0.3 is 9.64 Å². The summed E-state index contributed by atoms with van der Waals surface area (Å²) >= 11 is 0. The first-order valence-corrected chi connectivity index (χ1v) is 6.74. The minimum Gasteiger partial charge on any atom is -0.372 e. The van der Waals surface area contributed by atoms with E-state index in [9.17, 15) is 4.39 Å². The van der Waals surface area contributed by atoms with E-state index in [0.29, 0.717) is 5.70 Å². The number of ether oxygens (including phenoxy) is 1. The summed E-state index contributed by atoms with van der Waals surface area (Å²) in [6, 6.07) is 0. The summed E-state index contributed by atoms with van der Waals surface area (Å²) in [4.78, 5) is 2.13. The van der Waals surface area contributed by atoms with Crippen LogP contribution in [0.3, 0.4) is 0 Å². The third kappa shape index (κ3) is 2.04. The molecule has 0 saturated carbocycles. The summed E-state index contributed by atoms with van der Waals surface area (Å²) < 4.78 is 19.9. The molecule has 3 aliphatic heterocycles. The van der Waals surface area contributed by atoms with Crippen LogP contribution in [0.4, 0.5) is 4.39 Å². The maximum atomic E-state index is 14.2. The summed E-state index contributed by atoms with van der Waals surface area (Å²) in [5, 5.41) is 11.9. The lowest BCUT2D eigenvalue weighted by molar-refractivity contribution is -0.0583. The van der Waals surface area contributed by atoms with Crippen LogP contribution in [0.2, 0.25) is 0 Å². The van der Waals surface area contributed by atoms with Crippen LogP contribution in [0.25, 0.3) is 0 Å². The third-order valence-electron chi connectivity index (χ3n) is 3.63. The molecule has 3 heterocycles. The van der Waals surface area contributed by atoms with Gasteiger partial charge in [0.15, 0.2) is 0 Å². The Morgan fingerprint density at radius 2 is 2.05 bits per heavy atom. The Morgan fingerprint density at radius 3 is 2.70 bits per heavy atom. The van der Waals surface area contributed by atoms with Gasteiger partial charge in [0, 0.05) is 19.3 Å². The van der Waals surface area contributed by atoms with Crippen molar-refractivity contribution in [3.8, 4) is 6.19 Å². The zero-order valence-corrected chi connectivity index (χ0v) is 11.6. The Hall–Kier alpha value is -2.00. The monoisotopic (exact) mass is 276 g/mol. The van der Waals surface area contributed by atoms with E-state index in [1.54, 1.807) is 11.2 Å². The molecule has 106 valence electrons. The molecule has 1 fully saturated rings. The normalized spacial score (nSPS) is 29.5. The van der Waals surface area contributed by atoms with E-state index < -0.39 is 0 Å². The Labute approximate surface area is 117 Å². The van der Waals surface area contributed by atoms with Crippen LogP contribution in [0, 0.1) is 11.5 Å². The lowest BCUT2D eigenvalue weighted by Crippen LogP contribution is -2.46. The van der Waals surface area contributed by atoms with E-state index in [0.717, 1.165) is 18.8 Å². The fourth-order valence-corrected chi connectivity index (χ4v) is 2.95. The van der Waals surface area contributed by atoms with Gasteiger partial charge in [0.1, 0.15) is 18.1 Å². The number of nitriles is 1. The molecule has 0 aromatic rings. The molecule has 6 heteroatoms. The van der Waals surface area contributed by atoms with Crippen molar-refractivity contribution in [3.05, 3.63) is 35.6 Å². The summed E-state index contributed by atoms with van der Waals surface area (Å²) in [6.07, 6.45) is 7.66. The Balaban J connectivity index is 1.90. The van der Waals surface area contributed by atoms with E-state index in [1.807, 2.05) is 32.2 Å². The number of rotatable bonds is 1. The molecule has 1 saturated heterocycles. The lowest BCUT2D eigenvalue weighted by atomic mass is 10.1. The zero-order chi connectivity index (χ0) is 14.3. The highest BCUT2D eigenvalue weighted by molar-refractivity contribution is 5.41. The fraction of sp³-hybridized carbons (Fsp3) is 0.500. The van der Waals surface area contributed by atoms with Crippen LogP contribution in [0.15, 0.2) is 35.6 Å². The van der Waals surface area contributed by atoms with Gasteiger partial charge in [0.25, 0.3) is 0 Å². The second-order valence-corrected chi connectivity index (χ2v) is 5.31. The van der Waals surface area contributed by atoms with Crippen molar-refractivity contribution in [2.45, 2.75) is 26.1 Å². The van der Waals surface area contributed by atoms with Crippen molar-refractivity contribution in [1.29, 1.82) is 5.26 Å². The van der Waals surface area contributed by atoms with Crippen molar-refractivity contribution in [2.75, 3.05) is 19.6 Å². The molecule has 0 unspecified atom stereocenters. The average Bonchev–Trinajstić information content (AvgIpc) is 2.74. The van der Waals surface area contributed by atoms with E-state index in [1.165, 1.54) is 5.01 Å². The first-order valence-electron chi connectivity index (χ1n) is 6.74. The molecule has 0 aromatic carbocycles. The number of halogens is 1. The summed E-state index contributed by atoms with van der Waals surface area (Å²) in [6.45, 7) is 5.48. The predicted molar refractivity (Wildman–Crippen MR) is 71.1 cm³/mol. The summed E-state index contributed by atoms with van der Waals surface area (Å²) in [5.74, 6) is -0.269. The molecular formula is C14H17FN4O. The van der Waals surface area contributed by atoms with Crippen molar-refractivity contribution in [2.24, 2.45) is 0 Å². The van der Waals surface area contributed by atoms with Crippen LogP contribution in [0.1, 0.15) is 13.8 Å². The molecule has 0 N–H and O–H groups in total. The number of nitrogens with zero attached hydrogens (tertiary/aromatic N) is 4. The smallest absolute Gasteiger partial charge is 0.200 e. The fourth-order valence-electron chi connectivity index (χ4n) is 2.95. The van der Waals surface area contributed by atoms with Gasteiger partial charge in [0.2, 0.25) is 6.19 Å². The number of hydrazine groups is 1. The molecule has 0 spiro atoms. The molecule has 0 bridgehead atoms. The average molecular weight is 276 g/mol. The molecule has 0 aromatic heterocycles. The first-order chi connectivity index (χ1) is 9.60. The van der Waals surface area contributed by atoms with Crippen molar-refractivity contribution < 1.29 is 9.13 Å². The number of fused-ring (bicyclic) bond motifs is 1. The maximum absolute atomic E-state index is 14.2. The SMILES string of the molecule is C[C@@H]1CN(C2=CC=CN3C2=C(F)CN3C#N)C[C@@H](C)O1. The molecule has 2 atom stereocenters. The maximum Gasteiger partial charge on any atom is 0.200 e. The van der Waals surface area contributed by atoms with Gasteiger partial charge in [-0.25, -0.2) is 14.4 Å². The minimum absolute atomic E-state index is 0.00294. The third-order valence-corrected chi connectivity index (χ3v) is 3.63. The van der Waals surface area contributed by atoms with Gasteiger partial charge in [0.05, 0.1) is 17.9 Å². The molecule has 5 nitrogen and oxygen atoms in total. The Bertz CT molecular complexity index is 538. The zero-order valence-electron chi connectivity index (χ0n) is 11.6. The number of morpholine rings is 1. The standard InChI is InChI=1S/C14H17FN4O/c1-10-6-17(7-11(2)20-10)13-4-3-5-19-14(13)12(15)8-18(19)9-16/h3-5,10-11H,6-8H2,1-2H3/t10-,11-/m1/s1. The van der Waals surface area contributed by atoms with E-state index in [2.05, 4.69) is 4.90 Å². The molecule has 20 heavy (non-hydrogen) atoms. The van der Waals surface area contributed by atoms with Gasteiger partial charge >= 0.3 is 0 Å². The number of allylic oxidation sites excluding steroid dienone is 2. The van der Waals surface area contributed by atoms with Crippen molar-refractivity contribution >= 4 is 0 Å². The second-order valence-electron chi connectivity index (χ2n) is 5.31. The van der Waals surface area contributed by atoms with Crippen LogP contribution < -0.4 is 0 Å². The van der Waals surface area contributed by atoms with Gasteiger partial charge in [-0.15, -0.1) is 0 Å². The summed E-state index contributed by atoms with van der Waals surface area (Å²) in [7, 11) is 0. The Morgan fingerprint density at radius 1 is 1.35 bits per heavy atom. The summed E-state index contributed by atoms with van der Waals surface area (Å²) in [5.41, 5.74) is 1.31. The van der Waals surface area contributed by atoms with Crippen molar-refractivity contribution in [3.63, 3.8) is 0 Å². The molecule has 0 amide bonds. The highest BCUT2D eigenvalue weighted by Crippen LogP contribution is 2.35. The molecule has 3 rings (SSSR count). The first kappa shape index (κ1) is 13.0. The number of hydrogen-bond donors (Lipinski definition) is 0. The lowest BCUT2D eigenvalue weighted by Gasteiger charge is -2.40. The molecule has 3 aliphatic rings. The molecular weight excluding hydrogens is 259 g/mol. The highest BCUT2D eigenvalue weighted by atomic mass is 19.1. The predicted octanol–water partition coefficient (Wildman–Crippen LogP) is 1.70. The van der Waals surface area contributed by atoms with Crippen LogP contribution in [-0.4, -0.2) is 46.8 Å². The number of hydrogen-bond acceptors (Lipinski definition) is 5. The van der Waals surface area contributed by atoms with Crippen LogP contribution >= 0.6 is 0 Å². The molecule has 0 aliphatic carbocycles. The molecule has 0 radical (unpaired) electrons. The van der Waals surface area contributed by atoms with E-state index >= 15 is 0 Å². The van der Waals surface area contributed by atoms with Gasteiger partial charge in [-0.05, 0) is 26.0 Å². The largest absolute Gasteiger partial charge is 0.372 e. The van der Waals surface area contributed by atoms with Crippen LogP contribution in [-0.2, 0) is 4.74 Å². The van der Waals surface area contributed by atoms with E-state index in [-0.39, 0.29) is 24.6 Å². The van der Waals surface area contributed by atoms with Crippen LogP contribution in [0.5, 0.6) is 0 Å². The van der Waals surface area contributed by atoms with Gasteiger partial charge in [-0.3, -0.25) is 0 Å². The van der Waals surface area contributed by atoms with Crippen molar-refractivity contribution in [1.82, 2.24) is 14.9 Å². The minimum atomic E-state index is -0.269. The topological polar surface area (TPSA) is 42.7 Å². The highest BCUT2D eigenvalue weighted by Gasteiger charge is 2.36. The second kappa shape index (κ2) is 4.84. The Kier molecular flexibility index (Phi) is 3.14. The van der Waals surface area contributed by atoms with Gasteiger partial charge in [-0.1, -0.05) is 0 Å². The quantitative estimate of drug-likeness (QED) is 0.682. The van der Waals surface area contributed by atoms with Gasteiger partial charge in [-0.2, -0.15) is 5.26 Å².